The van der Waals surface area contributed by atoms with Gasteiger partial charge in [-0.3, -0.25) is 0 Å². The molecule has 0 amide bonds. The average Bonchev–Trinajstić information content (AvgIpc) is 2.39. The summed E-state index contributed by atoms with van der Waals surface area (Å²) in [6, 6.07) is 12.5. The maximum absolute atomic E-state index is 10.8. The minimum absolute atomic E-state index is 0.278. The normalized spacial score (nSPS) is 9.85. The van der Waals surface area contributed by atoms with Crippen LogP contribution in [-0.2, 0) is 0 Å². The Kier molecular flexibility index (Phi) is 4.82. The van der Waals surface area contributed by atoms with E-state index in [9.17, 15) is 4.79 Å². The number of para-hydroxylation sites is 1. The third-order valence-electron chi connectivity index (χ3n) is 2.52. The van der Waals surface area contributed by atoms with Gasteiger partial charge in [0.1, 0.15) is 5.75 Å². The van der Waals surface area contributed by atoms with Gasteiger partial charge in [0.2, 0.25) is 0 Å². The molecule has 0 heterocycles. The van der Waals surface area contributed by atoms with Gasteiger partial charge in [-0.1, -0.05) is 18.2 Å². The summed E-state index contributed by atoms with van der Waals surface area (Å²) in [6.45, 7) is 0. The molecule has 2 aromatic rings. The number of nitrogens with zero attached hydrogens (tertiary/aromatic N) is 1. The van der Waals surface area contributed by atoms with Crippen molar-refractivity contribution >= 4 is 51.3 Å². The fourth-order valence-electron chi connectivity index (χ4n) is 1.75. The van der Waals surface area contributed by atoms with Crippen LogP contribution >= 0.6 is 45.2 Å². The number of ether oxygens (including phenoxy) is 1. The largest absolute Gasteiger partial charge is 0.511 e. The van der Waals surface area contributed by atoms with Gasteiger partial charge in [0.15, 0.2) is 0 Å². The first-order valence-electron chi connectivity index (χ1n) is 5.42. The van der Waals surface area contributed by atoms with Crippen LogP contribution in [0.3, 0.4) is 0 Å². The highest BCUT2D eigenvalue weighted by molar-refractivity contribution is 14.1. The van der Waals surface area contributed by atoms with E-state index in [-0.39, 0.29) is 5.75 Å². The zero-order chi connectivity index (χ0) is 14.7. The Balaban J connectivity index is 2.63. The quantitative estimate of drug-likeness (QED) is 0.382. The van der Waals surface area contributed by atoms with Crippen molar-refractivity contribution in [1.82, 2.24) is 0 Å². The molecule has 0 fully saturated rings. The topological polar surface area (TPSA) is 70.3 Å². The van der Waals surface area contributed by atoms with Gasteiger partial charge in [-0.05, 0) is 63.4 Å². The zero-order valence-corrected chi connectivity index (χ0v) is 14.2. The number of rotatable bonds is 2. The number of carboxylic acid groups (broad SMARTS) is 1. The Labute approximate surface area is 142 Å². The molecule has 0 bridgehead atoms. The number of carbonyl (C=O) groups is 1. The molecule has 0 saturated carbocycles. The van der Waals surface area contributed by atoms with Crippen molar-refractivity contribution in [2.45, 2.75) is 0 Å². The Bertz CT molecular complexity index is 700. The van der Waals surface area contributed by atoms with Crippen LogP contribution in [0.4, 0.5) is 4.79 Å². The summed E-state index contributed by atoms with van der Waals surface area (Å²) in [5, 5.41) is 17.8. The molecule has 0 aliphatic rings. The van der Waals surface area contributed by atoms with Crippen molar-refractivity contribution in [1.29, 1.82) is 5.26 Å². The van der Waals surface area contributed by atoms with E-state index in [0.717, 1.165) is 12.7 Å². The van der Waals surface area contributed by atoms with Crippen LogP contribution in [-0.4, -0.2) is 11.3 Å². The highest BCUT2D eigenvalue weighted by Gasteiger charge is 2.15. The van der Waals surface area contributed by atoms with Gasteiger partial charge in [0.05, 0.1) is 11.6 Å². The van der Waals surface area contributed by atoms with Crippen molar-refractivity contribution in [2.75, 3.05) is 0 Å². The fraction of sp³-hybridized carbons (Fsp3) is 0. The van der Waals surface area contributed by atoms with E-state index >= 15 is 0 Å². The summed E-state index contributed by atoms with van der Waals surface area (Å²) in [7, 11) is 0. The molecule has 0 atom stereocenters. The third-order valence-corrected chi connectivity index (χ3v) is 4.23. The van der Waals surface area contributed by atoms with Crippen LogP contribution in [0.25, 0.3) is 11.1 Å². The first kappa shape index (κ1) is 15.1. The van der Waals surface area contributed by atoms with Gasteiger partial charge in [0.25, 0.3) is 0 Å². The van der Waals surface area contributed by atoms with Gasteiger partial charge >= 0.3 is 6.16 Å². The summed E-state index contributed by atoms with van der Waals surface area (Å²) >= 11 is 4.26. The molecule has 0 aromatic heterocycles. The monoisotopic (exact) mass is 491 g/mol. The molecule has 2 aromatic carbocycles. The van der Waals surface area contributed by atoms with Crippen LogP contribution in [0.15, 0.2) is 36.4 Å². The SMILES string of the molecule is N#Cc1cc(I)c(-c2ccccc2OC(=O)O)c(I)c1. The minimum atomic E-state index is -1.35. The lowest BCUT2D eigenvalue weighted by atomic mass is 10.0. The van der Waals surface area contributed by atoms with Crippen molar-refractivity contribution in [3.05, 3.63) is 49.1 Å². The summed E-state index contributed by atoms with van der Waals surface area (Å²) in [5.41, 5.74) is 2.12. The molecular formula is C14H7I2NO3. The molecule has 0 aliphatic heterocycles. The van der Waals surface area contributed by atoms with Gasteiger partial charge < -0.3 is 9.84 Å². The molecule has 0 radical (unpaired) electrons. The molecule has 1 N–H and O–H groups in total. The average molecular weight is 491 g/mol. The molecule has 0 saturated heterocycles. The van der Waals surface area contributed by atoms with Crippen LogP contribution in [0.2, 0.25) is 0 Å². The van der Waals surface area contributed by atoms with Gasteiger partial charge in [-0.15, -0.1) is 0 Å². The number of hydrogen-bond donors (Lipinski definition) is 1. The Hall–Kier alpha value is -1.34. The summed E-state index contributed by atoms with van der Waals surface area (Å²) in [5.74, 6) is 0.278. The number of hydrogen-bond acceptors (Lipinski definition) is 3. The predicted octanol–water partition coefficient (Wildman–Crippen LogP) is 4.49. The third kappa shape index (κ3) is 3.21. The standard InChI is InChI=1S/C14H7I2NO3/c15-10-5-8(7-17)6-11(16)13(10)9-3-1-2-4-12(9)20-14(18)19/h1-6H,(H,18,19). The first-order valence-corrected chi connectivity index (χ1v) is 7.58. The van der Waals surface area contributed by atoms with E-state index in [0.29, 0.717) is 11.1 Å². The van der Waals surface area contributed by atoms with Crippen molar-refractivity contribution in [3.63, 3.8) is 0 Å². The van der Waals surface area contributed by atoms with Gasteiger partial charge in [0, 0.05) is 18.3 Å². The smallest absolute Gasteiger partial charge is 0.449 e. The minimum Gasteiger partial charge on any atom is -0.449 e. The second kappa shape index (κ2) is 6.41. The maximum atomic E-state index is 10.8. The second-order valence-electron chi connectivity index (χ2n) is 3.79. The van der Waals surface area contributed by atoms with E-state index in [1.54, 1.807) is 30.3 Å². The van der Waals surface area contributed by atoms with E-state index in [1.807, 2.05) is 6.07 Å². The number of benzene rings is 2. The number of halogens is 2. The molecule has 20 heavy (non-hydrogen) atoms. The van der Waals surface area contributed by atoms with Crippen molar-refractivity contribution < 1.29 is 14.6 Å². The van der Waals surface area contributed by atoms with E-state index in [2.05, 4.69) is 51.3 Å². The predicted molar refractivity (Wildman–Crippen MR) is 90.7 cm³/mol. The Morgan fingerprint density at radius 1 is 1.20 bits per heavy atom. The van der Waals surface area contributed by atoms with E-state index in [4.69, 9.17) is 15.1 Å². The molecular weight excluding hydrogens is 484 g/mol. The molecule has 6 heteroatoms. The second-order valence-corrected chi connectivity index (χ2v) is 6.12. The van der Waals surface area contributed by atoms with Crippen LogP contribution in [0.1, 0.15) is 5.56 Å². The molecule has 100 valence electrons. The zero-order valence-electron chi connectivity index (χ0n) is 9.93. The van der Waals surface area contributed by atoms with Crippen LogP contribution < -0.4 is 4.74 Å². The highest BCUT2D eigenvalue weighted by atomic mass is 127. The molecule has 0 aliphatic carbocycles. The van der Waals surface area contributed by atoms with E-state index in [1.165, 1.54) is 0 Å². The van der Waals surface area contributed by atoms with Crippen LogP contribution in [0.5, 0.6) is 5.75 Å². The number of nitriles is 1. The lowest BCUT2D eigenvalue weighted by Gasteiger charge is -2.12. The fourth-order valence-corrected chi connectivity index (χ4v) is 4.10. The summed E-state index contributed by atoms with van der Waals surface area (Å²) < 4.78 is 6.55. The van der Waals surface area contributed by atoms with E-state index < -0.39 is 6.16 Å². The van der Waals surface area contributed by atoms with Crippen molar-refractivity contribution in [2.24, 2.45) is 0 Å². The highest BCUT2D eigenvalue weighted by Crippen LogP contribution is 2.37. The van der Waals surface area contributed by atoms with Gasteiger partial charge in [-0.2, -0.15) is 5.26 Å². The Morgan fingerprint density at radius 2 is 1.80 bits per heavy atom. The molecule has 0 spiro atoms. The lowest BCUT2D eigenvalue weighted by Crippen LogP contribution is -2.04. The summed E-state index contributed by atoms with van der Waals surface area (Å²) in [6.07, 6.45) is -1.35. The van der Waals surface area contributed by atoms with Gasteiger partial charge in [-0.25, -0.2) is 4.79 Å². The Morgan fingerprint density at radius 3 is 2.35 bits per heavy atom. The molecule has 4 nitrogen and oxygen atoms in total. The molecule has 2 rings (SSSR count). The van der Waals surface area contributed by atoms with Crippen LogP contribution in [0, 0.1) is 18.5 Å². The molecule has 0 unspecified atom stereocenters. The lowest BCUT2D eigenvalue weighted by molar-refractivity contribution is 0.144. The van der Waals surface area contributed by atoms with Crippen molar-refractivity contribution in [3.8, 4) is 22.9 Å². The maximum Gasteiger partial charge on any atom is 0.511 e. The first-order chi connectivity index (χ1) is 9.52. The summed E-state index contributed by atoms with van der Waals surface area (Å²) in [4.78, 5) is 10.8.